The van der Waals surface area contributed by atoms with E-state index in [2.05, 4.69) is 98.5 Å². The monoisotopic (exact) mass is 301 g/mol. The highest BCUT2D eigenvalue weighted by atomic mass is 15.1. The summed E-state index contributed by atoms with van der Waals surface area (Å²) in [5, 5.41) is 0. The predicted octanol–water partition coefficient (Wildman–Crippen LogP) is 6.23. The Kier molecular flexibility index (Phi) is 4.47. The molecule has 0 heterocycles. The van der Waals surface area contributed by atoms with E-state index >= 15 is 0 Å². The highest BCUT2D eigenvalue weighted by Crippen LogP contribution is 2.32. The lowest BCUT2D eigenvalue weighted by molar-refractivity contribution is 1.08. The topological polar surface area (TPSA) is 3.24 Å². The summed E-state index contributed by atoms with van der Waals surface area (Å²) in [7, 11) is 0. The van der Waals surface area contributed by atoms with Crippen LogP contribution in [0.1, 0.15) is 24.5 Å². The van der Waals surface area contributed by atoms with Crippen LogP contribution in [-0.2, 0) is 0 Å². The van der Waals surface area contributed by atoms with Gasteiger partial charge in [0.1, 0.15) is 0 Å². The van der Waals surface area contributed by atoms with Crippen LogP contribution in [0, 0.1) is 13.8 Å². The molecule has 23 heavy (non-hydrogen) atoms. The summed E-state index contributed by atoms with van der Waals surface area (Å²) in [6.45, 7) is 6.39. The molecule has 0 amide bonds. The molecule has 0 bridgehead atoms. The molecule has 1 aliphatic carbocycles. The van der Waals surface area contributed by atoms with E-state index in [0.717, 1.165) is 6.42 Å². The van der Waals surface area contributed by atoms with Gasteiger partial charge in [-0.3, -0.25) is 0 Å². The van der Waals surface area contributed by atoms with Gasteiger partial charge in [-0.15, -0.1) is 0 Å². The number of nitrogens with zero attached hydrogens (tertiary/aromatic N) is 1. The smallest absolute Gasteiger partial charge is 0.0458 e. The molecule has 0 saturated heterocycles. The quantitative estimate of drug-likeness (QED) is 0.649. The highest BCUT2D eigenvalue weighted by Gasteiger charge is 2.14. The number of aryl methyl sites for hydroxylation is 2. The van der Waals surface area contributed by atoms with Crippen molar-refractivity contribution in [1.29, 1.82) is 0 Å². The second-order valence-corrected chi connectivity index (χ2v) is 6.18. The number of hydrogen-bond acceptors (Lipinski definition) is 1. The number of benzene rings is 2. The molecule has 0 unspecified atom stereocenters. The van der Waals surface area contributed by atoms with Gasteiger partial charge in [0, 0.05) is 23.5 Å². The van der Waals surface area contributed by atoms with Crippen molar-refractivity contribution >= 4 is 11.4 Å². The predicted molar refractivity (Wildman–Crippen MR) is 100 cm³/mol. The molecule has 1 nitrogen and oxygen atoms in total. The Labute approximate surface area is 139 Å². The lowest BCUT2D eigenvalue weighted by Gasteiger charge is -2.27. The maximum atomic E-state index is 2.35. The maximum absolute atomic E-state index is 2.35. The van der Waals surface area contributed by atoms with Crippen molar-refractivity contribution < 1.29 is 0 Å². The van der Waals surface area contributed by atoms with E-state index in [9.17, 15) is 0 Å². The van der Waals surface area contributed by atoms with Crippen molar-refractivity contribution in [1.82, 2.24) is 0 Å². The third-order valence-corrected chi connectivity index (χ3v) is 4.12. The standard InChI is InChI=1S/C22H23N/c1-17-5-4-6-20(12-7-17)23(21-13-8-18(2)9-14-21)22-15-10-19(3)11-16-22/h4-5,7-16H,6H2,1-3H3. The van der Waals surface area contributed by atoms with Gasteiger partial charge in [-0.25, -0.2) is 0 Å². The van der Waals surface area contributed by atoms with E-state index in [1.165, 1.54) is 33.8 Å². The molecule has 1 aliphatic rings. The van der Waals surface area contributed by atoms with Gasteiger partial charge in [0.25, 0.3) is 0 Å². The Bertz CT molecular complexity index is 713. The first-order valence-electron chi connectivity index (χ1n) is 8.11. The van der Waals surface area contributed by atoms with Crippen molar-refractivity contribution in [3.63, 3.8) is 0 Å². The minimum atomic E-state index is 0.926. The molecule has 0 aliphatic heterocycles. The van der Waals surface area contributed by atoms with Crippen molar-refractivity contribution in [3.8, 4) is 0 Å². The molecule has 0 radical (unpaired) electrons. The average molecular weight is 301 g/mol. The molecule has 0 fully saturated rings. The number of anilines is 2. The van der Waals surface area contributed by atoms with Crippen molar-refractivity contribution in [2.45, 2.75) is 27.2 Å². The summed E-state index contributed by atoms with van der Waals surface area (Å²) in [6.07, 6.45) is 9.77. The zero-order valence-electron chi connectivity index (χ0n) is 14.1. The molecule has 0 aromatic heterocycles. The van der Waals surface area contributed by atoms with Gasteiger partial charge < -0.3 is 4.90 Å². The maximum Gasteiger partial charge on any atom is 0.0458 e. The Morgan fingerprint density at radius 2 is 1.22 bits per heavy atom. The Morgan fingerprint density at radius 1 is 0.696 bits per heavy atom. The van der Waals surface area contributed by atoms with Gasteiger partial charge in [-0.1, -0.05) is 59.2 Å². The fourth-order valence-electron chi connectivity index (χ4n) is 2.75. The minimum absolute atomic E-state index is 0.926. The number of rotatable bonds is 3. The largest absolute Gasteiger partial charge is 0.314 e. The summed E-state index contributed by atoms with van der Waals surface area (Å²) in [6, 6.07) is 17.5. The average Bonchev–Trinajstić information content (AvgIpc) is 2.76. The molecule has 0 spiro atoms. The van der Waals surface area contributed by atoms with Gasteiger partial charge in [-0.2, -0.15) is 0 Å². The fraction of sp³-hybridized carbons (Fsp3) is 0.182. The first-order chi connectivity index (χ1) is 11.1. The molecule has 1 heteroatoms. The molecular formula is C22H23N. The lowest BCUT2D eigenvalue weighted by atomic mass is 10.1. The van der Waals surface area contributed by atoms with E-state index < -0.39 is 0 Å². The van der Waals surface area contributed by atoms with Crippen LogP contribution in [0.15, 0.2) is 84.1 Å². The van der Waals surface area contributed by atoms with Crippen LogP contribution in [0.4, 0.5) is 11.4 Å². The van der Waals surface area contributed by atoms with E-state index in [0.29, 0.717) is 0 Å². The van der Waals surface area contributed by atoms with E-state index in [1.54, 1.807) is 0 Å². The second kappa shape index (κ2) is 6.70. The second-order valence-electron chi connectivity index (χ2n) is 6.18. The normalized spacial score (nSPS) is 14.0. The third-order valence-electron chi connectivity index (χ3n) is 4.12. The van der Waals surface area contributed by atoms with Crippen LogP contribution in [0.2, 0.25) is 0 Å². The van der Waals surface area contributed by atoms with Crippen LogP contribution in [-0.4, -0.2) is 0 Å². The lowest BCUT2D eigenvalue weighted by Crippen LogP contribution is -2.16. The molecule has 2 aromatic carbocycles. The SMILES string of the molecule is CC1=CC=C(N(c2ccc(C)cc2)c2ccc(C)cc2)CC=C1. The van der Waals surface area contributed by atoms with Crippen molar-refractivity contribution in [2.24, 2.45) is 0 Å². The molecule has 2 aromatic rings. The van der Waals surface area contributed by atoms with Crippen LogP contribution in [0.5, 0.6) is 0 Å². The van der Waals surface area contributed by atoms with E-state index in [4.69, 9.17) is 0 Å². The molecule has 0 N–H and O–H groups in total. The zero-order valence-corrected chi connectivity index (χ0v) is 14.1. The van der Waals surface area contributed by atoms with E-state index in [-0.39, 0.29) is 0 Å². The number of allylic oxidation sites excluding steroid dienone is 5. The van der Waals surface area contributed by atoms with Crippen LogP contribution < -0.4 is 4.90 Å². The zero-order chi connectivity index (χ0) is 16.2. The Hall–Kier alpha value is -2.54. The van der Waals surface area contributed by atoms with E-state index in [1.807, 2.05) is 0 Å². The molecule has 0 saturated carbocycles. The van der Waals surface area contributed by atoms with Gasteiger partial charge >= 0.3 is 0 Å². The Balaban J connectivity index is 2.08. The highest BCUT2D eigenvalue weighted by molar-refractivity contribution is 5.69. The molecular weight excluding hydrogens is 278 g/mol. The summed E-state index contributed by atoms with van der Waals surface area (Å²) in [4.78, 5) is 2.35. The van der Waals surface area contributed by atoms with Gasteiger partial charge in [-0.05, 0) is 51.1 Å². The molecule has 116 valence electrons. The van der Waals surface area contributed by atoms with Gasteiger partial charge in [0.05, 0.1) is 0 Å². The van der Waals surface area contributed by atoms with Crippen molar-refractivity contribution in [2.75, 3.05) is 4.90 Å². The number of hydrogen-bond donors (Lipinski definition) is 0. The summed E-state index contributed by atoms with van der Waals surface area (Å²) in [5.41, 5.74) is 7.53. The van der Waals surface area contributed by atoms with Crippen LogP contribution >= 0.6 is 0 Å². The van der Waals surface area contributed by atoms with Crippen molar-refractivity contribution in [3.05, 3.63) is 95.2 Å². The first kappa shape index (κ1) is 15.4. The molecule has 3 rings (SSSR count). The summed E-state index contributed by atoms with van der Waals surface area (Å²) in [5.74, 6) is 0. The molecule has 0 atom stereocenters. The minimum Gasteiger partial charge on any atom is -0.314 e. The van der Waals surface area contributed by atoms with Crippen LogP contribution in [0.25, 0.3) is 0 Å². The Morgan fingerprint density at radius 3 is 1.74 bits per heavy atom. The van der Waals surface area contributed by atoms with Gasteiger partial charge in [0.15, 0.2) is 0 Å². The summed E-state index contributed by atoms with van der Waals surface area (Å²) < 4.78 is 0. The van der Waals surface area contributed by atoms with Crippen LogP contribution in [0.3, 0.4) is 0 Å². The van der Waals surface area contributed by atoms with Gasteiger partial charge in [0.2, 0.25) is 0 Å². The summed E-state index contributed by atoms with van der Waals surface area (Å²) >= 11 is 0. The third kappa shape index (κ3) is 3.62. The first-order valence-corrected chi connectivity index (χ1v) is 8.11. The fourth-order valence-corrected chi connectivity index (χ4v) is 2.75.